The first-order valence-electron chi connectivity index (χ1n) is 7.79. The molecule has 0 amide bonds. The highest BCUT2D eigenvalue weighted by molar-refractivity contribution is 7.52. The van der Waals surface area contributed by atoms with E-state index < -0.39 is 13.4 Å². The zero-order valence-electron chi connectivity index (χ0n) is 13.5. The van der Waals surface area contributed by atoms with Crippen molar-refractivity contribution in [3.63, 3.8) is 0 Å². The Morgan fingerprint density at radius 2 is 1.35 bits per heavy atom. The molecule has 0 aliphatic rings. The second-order valence-corrected chi connectivity index (χ2v) is 7.96. The van der Waals surface area contributed by atoms with Crippen LogP contribution in [-0.4, -0.2) is 15.6 Å². The van der Waals surface area contributed by atoms with Gasteiger partial charge in [-0.2, -0.15) is 0 Å². The Morgan fingerprint density at radius 1 is 0.913 bits per heavy atom. The van der Waals surface area contributed by atoms with E-state index in [1.807, 2.05) is 74.5 Å². The Kier molecular flexibility index (Phi) is 6.14. The van der Waals surface area contributed by atoms with Crippen molar-refractivity contribution in [1.29, 1.82) is 0 Å². The summed E-state index contributed by atoms with van der Waals surface area (Å²) in [4.78, 5) is 19.4. The third-order valence-corrected chi connectivity index (χ3v) is 4.90. The predicted molar refractivity (Wildman–Crippen MR) is 93.1 cm³/mol. The van der Waals surface area contributed by atoms with E-state index in [4.69, 9.17) is 0 Å². The van der Waals surface area contributed by atoms with Crippen molar-refractivity contribution < 1.29 is 14.4 Å². The molecule has 23 heavy (non-hydrogen) atoms. The Labute approximate surface area is 137 Å². The van der Waals surface area contributed by atoms with Crippen LogP contribution in [0.4, 0.5) is 0 Å². The second-order valence-electron chi connectivity index (χ2n) is 6.16. The van der Waals surface area contributed by atoms with Crippen molar-refractivity contribution in [2.75, 3.05) is 0 Å². The minimum Gasteiger partial charge on any atom is -0.323 e. The maximum atomic E-state index is 11.9. The lowest BCUT2D eigenvalue weighted by Gasteiger charge is -2.28. The van der Waals surface area contributed by atoms with Gasteiger partial charge in [-0.15, -0.1) is 0 Å². The summed E-state index contributed by atoms with van der Waals surface area (Å²) in [5, 5.41) is 3.19. The van der Waals surface area contributed by atoms with Crippen LogP contribution in [0.2, 0.25) is 0 Å². The van der Waals surface area contributed by atoms with Gasteiger partial charge in [-0.1, -0.05) is 74.5 Å². The lowest BCUT2D eigenvalue weighted by Crippen LogP contribution is -2.34. The average Bonchev–Trinajstić information content (AvgIpc) is 2.51. The molecule has 1 unspecified atom stereocenters. The van der Waals surface area contributed by atoms with E-state index >= 15 is 0 Å². The average molecular weight is 333 g/mol. The van der Waals surface area contributed by atoms with E-state index in [0.29, 0.717) is 6.42 Å². The summed E-state index contributed by atoms with van der Waals surface area (Å²) in [7, 11) is -4.24. The minimum atomic E-state index is -4.24. The summed E-state index contributed by atoms with van der Waals surface area (Å²) in [5.41, 5.74) is 1.97. The molecule has 2 rings (SSSR count). The lowest BCUT2D eigenvalue weighted by atomic mass is 9.98. The van der Waals surface area contributed by atoms with Crippen molar-refractivity contribution in [3.8, 4) is 0 Å². The van der Waals surface area contributed by atoms with E-state index in [0.717, 1.165) is 11.1 Å². The van der Waals surface area contributed by atoms with Crippen molar-refractivity contribution in [3.05, 3.63) is 71.8 Å². The molecule has 0 spiro atoms. The molecular weight excluding hydrogens is 309 g/mol. The smallest absolute Gasteiger partial charge is 0.323 e. The predicted octanol–water partition coefficient (Wildman–Crippen LogP) is 3.92. The van der Waals surface area contributed by atoms with Gasteiger partial charge >= 0.3 is 7.60 Å². The van der Waals surface area contributed by atoms with Crippen LogP contribution in [0.5, 0.6) is 0 Å². The van der Waals surface area contributed by atoms with Gasteiger partial charge < -0.3 is 9.79 Å². The summed E-state index contributed by atoms with van der Waals surface area (Å²) in [6.45, 7) is 3.93. The van der Waals surface area contributed by atoms with E-state index in [-0.39, 0.29) is 12.0 Å². The van der Waals surface area contributed by atoms with E-state index in [2.05, 4.69) is 5.32 Å². The number of nitrogens with one attached hydrogen (secondary N) is 1. The van der Waals surface area contributed by atoms with Crippen molar-refractivity contribution >= 4 is 7.60 Å². The molecule has 0 saturated heterocycles. The molecule has 2 aromatic carbocycles. The zero-order chi connectivity index (χ0) is 16.9. The number of rotatable bonds is 7. The molecule has 0 aliphatic carbocycles. The largest absolute Gasteiger partial charge is 0.342 e. The molecule has 0 aromatic heterocycles. The van der Waals surface area contributed by atoms with Crippen LogP contribution in [0.15, 0.2) is 60.7 Å². The number of hydrogen-bond acceptors (Lipinski definition) is 2. The standard InChI is InChI=1S/C18H24NO3P/c1-14(2)13-17(23(20,21)22)19-18(15-9-5-3-6-10-15)16-11-7-4-8-12-16/h3-12,14,17-19H,13H2,1-2H3,(H2,20,21,22). The Morgan fingerprint density at radius 3 is 1.70 bits per heavy atom. The van der Waals surface area contributed by atoms with Crippen LogP contribution in [0.1, 0.15) is 37.4 Å². The van der Waals surface area contributed by atoms with Crippen LogP contribution in [-0.2, 0) is 4.57 Å². The molecule has 5 heteroatoms. The van der Waals surface area contributed by atoms with E-state index in [9.17, 15) is 14.4 Å². The Balaban J connectivity index is 2.36. The molecule has 0 aliphatic heterocycles. The second kappa shape index (κ2) is 7.89. The van der Waals surface area contributed by atoms with Gasteiger partial charge in [0, 0.05) is 0 Å². The molecule has 0 fully saturated rings. The van der Waals surface area contributed by atoms with E-state index in [1.54, 1.807) is 0 Å². The molecule has 1 atom stereocenters. The number of hydrogen-bond donors (Lipinski definition) is 3. The quantitative estimate of drug-likeness (QED) is 0.672. The van der Waals surface area contributed by atoms with Gasteiger partial charge in [-0.05, 0) is 23.5 Å². The molecule has 0 bridgehead atoms. The summed E-state index contributed by atoms with van der Waals surface area (Å²) in [6.07, 6.45) is 0.417. The van der Waals surface area contributed by atoms with Gasteiger partial charge in [-0.25, -0.2) is 0 Å². The van der Waals surface area contributed by atoms with Crippen LogP contribution in [0, 0.1) is 5.92 Å². The molecule has 3 N–H and O–H groups in total. The van der Waals surface area contributed by atoms with Crippen LogP contribution in [0.3, 0.4) is 0 Å². The van der Waals surface area contributed by atoms with Gasteiger partial charge in [0.1, 0.15) is 5.78 Å². The van der Waals surface area contributed by atoms with Crippen LogP contribution in [0.25, 0.3) is 0 Å². The maximum absolute atomic E-state index is 11.9. The van der Waals surface area contributed by atoms with Gasteiger partial charge in [0.05, 0.1) is 6.04 Å². The van der Waals surface area contributed by atoms with Crippen molar-refractivity contribution in [1.82, 2.24) is 5.32 Å². The minimum absolute atomic E-state index is 0.187. The highest BCUT2D eigenvalue weighted by Crippen LogP contribution is 2.44. The van der Waals surface area contributed by atoms with Crippen molar-refractivity contribution in [2.24, 2.45) is 5.92 Å². The monoisotopic (exact) mass is 333 g/mol. The molecule has 4 nitrogen and oxygen atoms in total. The fourth-order valence-electron chi connectivity index (χ4n) is 2.62. The zero-order valence-corrected chi connectivity index (χ0v) is 14.4. The summed E-state index contributed by atoms with van der Waals surface area (Å²) >= 11 is 0. The first-order valence-corrected chi connectivity index (χ1v) is 9.47. The van der Waals surface area contributed by atoms with Crippen molar-refractivity contribution in [2.45, 2.75) is 32.1 Å². The molecule has 0 saturated carbocycles. The summed E-state index contributed by atoms with van der Waals surface area (Å²) in [5.74, 6) is -0.680. The molecule has 2 aromatic rings. The summed E-state index contributed by atoms with van der Waals surface area (Å²) in [6, 6.07) is 19.2. The van der Waals surface area contributed by atoms with Gasteiger partial charge in [0.2, 0.25) is 0 Å². The number of benzene rings is 2. The molecule has 0 heterocycles. The first-order chi connectivity index (χ1) is 10.9. The van der Waals surface area contributed by atoms with Gasteiger partial charge in [0.15, 0.2) is 0 Å². The van der Waals surface area contributed by atoms with Gasteiger partial charge in [-0.3, -0.25) is 9.88 Å². The third kappa shape index (κ3) is 5.29. The topological polar surface area (TPSA) is 69.6 Å². The Hall–Kier alpha value is -1.45. The lowest BCUT2D eigenvalue weighted by molar-refractivity contribution is 0.325. The van der Waals surface area contributed by atoms with E-state index in [1.165, 1.54) is 0 Å². The fourth-order valence-corrected chi connectivity index (χ4v) is 3.66. The summed E-state index contributed by atoms with van der Waals surface area (Å²) < 4.78 is 11.9. The molecule has 124 valence electrons. The van der Waals surface area contributed by atoms with Crippen LogP contribution >= 0.6 is 7.60 Å². The first kappa shape index (κ1) is 17.9. The maximum Gasteiger partial charge on any atom is 0.342 e. The normalized spacial score (nSPS) is 13.5. The Bertz CT molecular complexity index is 600. The fraction of sp³-hybridized carbons (Fsp3) is 0.333. The third-order valence-electron chi connectivity index (χ3n) is 3.73. The SMILES string of the molecule is CC(C)CC(NC(c1ccccc1)c1ccccc1)P(=O)(O)O. The highest BCUT2D eigenvalue weighted by Gasteiger charge is 2.32. The molecular formula is C18H24NO3P. The molecule has 0 radical (unpaired) electrons. The van der Waals surface area contributed by atoms with Gasteiger partial charge in [0.25, 0.3) is 0 Å². The highest BCUT2D eigenvalue weighted by atomic mass is 31.2. The van der Waals surface area contributed by atoms with Crippen LogP contribution < -0.4 is 5.32 Å².